The Morgan fingerprint density at radius 3 is 2.11 bits per heavy atom. The second kappa shape index (κ2) is 6.91. The first kappa shape index (κ1) is 16.0. The van der Waals surface area contributed by atoms with Gasteiger partial charge in [0.1, 0.15) is 0 Å². The molecule has 2 heteroatoms. The first-order valence-electron chi connectivity index (χ1n) is 7.69. The molecule has 0 amide bonds. The van der Waals surface area contributed by atoms with Gasteiger partial charge in [0.05, 0.1) is 6.10 Å². The number of nitrogens with one attached hydrogen (secondary N) is 1. The lowest BCUT2D eigenvalue weighted by atomic mass is 9.70. The zero-order valence-corrected chi connectivity index (χ0v) is 13.0. The summed E-state index contributed by atoms with van der Waals surface area (Å²) in [7, 11) is 0. The summed E-state index contributed by atoms with van der Waals surface area (Å²) in [4.78, 5) is 0. The molecule has 2 nitrogen and oxygen atoms in total. The summed E-state index contributed by atoms with van der Waals surface area (Å²) in [6.45, 7) is 13.1. The van der Waals surface area contributed by atoms with Crippen LogP contribution in [0.3, 0.4) is 0 Å². The highest BCUT2D eigenvalue weighted by Crippen LogP contribution is 2.39. The third-order valence-corrected chi connectivity index (χ3v) is 4.63. The maximum absolute atomic E-state index is 9.74. The summed E-state index contributed by atoms with van der Waals surface area (Å²) < 4.78 is 0. The molecule has 18 heavy (non-hydrogen) atoms. The predicted molar refractivity (Wildman–Crippen MR) is 78.6 cm³/mol. The van der Waals surface area contributed by atoms with Crippen molar-refractivity contribution in [3.05, 3.63) is 0 Å². The minimum atomic E-state index is -0.198. The van der Waals surface area contributed by atoms with Crippen LogP contribution in [0.2, 0.25) is 0 Å². The Morgan fingerprint density at radius 1 is 1.11 bits per heavy atom. The zero-order valence-electron chi connectivity index (χ0n) is 13.0. The fraction of sp³-hybridized carbons (Fsp3) is 1.00. The Hall–Kier alpha value is -0.0800. The van der Waals surface area contributed by atoms with Gasteiger partial charge in [-0.1, -0.05) is 34.6 Å². The van der Waals surface area contributed by atoms with Crippen molar-refractivity contribution in [2.75, 3.05) is 13.1 Å². The van der Waals surface area contributed by atoms with Crippen LogP contribution in [0.1, 0.15) is 60.3 Å². The average Bonchev–Trinajstić information content (AvgIpc) is 2.28. The molecule has 0 aromatic rings. The lowest BCUT2D eigenvalue weighted by molar-refractivity contribution is 0.116. The summed E-state index contributed by atoms with van der Waals surface area (Å²) in [5, 5.41) is 13.2. The van der Waals surface area contributed by atoms with E-state index >= 15 is 0 Å². The Balaban J connectivity index is 2.16. The van der Waals surface area contributed by atoms with Crippen molar-refractivity contribution in [2.24, 2.45) is 23.2 Å². The third kappa shape index (κ3) is 5.27. The van der Waals surface area contributed by atoms with Crippen LogP contribution >= 0.6 is 0 Å². The van der Waals surface area contributed by atoms with Crippen LogP contribution < -0.4 is 5.32 Å². The fourth-order valence-electron chi connectivity index (χ4n) is 2.90. The summed E-state index contributed by atoms with van der Waals surface area (Å²) in [5.74, 6) is 2.08. The monoisotopic (exact) mass is 255 g/mol. The Labute approximate surface area is 114 Å². The molecule has 1 saturated carbocycles. The topological polar surface area (TPSA) is 32.3 Å². The third-order valence-electron chi connectivity index (χ3n) is 4.63. The number of aliphatic hydroxyl groups is 1. The molecule has 1 rings (SSSR count). The largest absolute Gasteiger partial charge is 0.392 e. The van der Waals surface area contributed by atoms with Gasteiger partial charge in [0, 0.05) is 6.54 Å². The van der Waals surface area contributed by atoms with Crippen LogP contribution in [0.4, 0.5) is 0 Å². The molecule has 0 bridgehead atoms. The van der Waals surface area contributed by atoms with Crippen LogP contribution in [-0.2, 0) is 0 Å². The van der Waals surface area contributed by atoms with E-state index in [1.807, 2.05) is 0 Å². The van der Waals surface area contributed by atoms with Crippen molar-refractivity contribution in [1.29, 1.82) is 0 Å². The second-order valence-electron chi connectivity index (χ2n) is 7.55. The van der Waals surface area contributed by atoms with Gasteiger partial charge < -0.3 is 10.4 Å². The Kier molecular flexibility index (Phi) is 6.13. The number of rotatable bonds is 5. The Morgan fingerprint density at radius 2 is 1.67 bits per heavy atom. The maximum Gasteiger partial charge on any atom is 0.0687 e. The summed E-state index contributed by atoms with van der Waals surface area (Å²) in [6, 6.07) is 0. The molecule has 1 aliphatic carbocycles. The molecule has 0 saturated heterocycles. The molecule has 108 valence electrons. The average molecular weight is 255 g/mol. The predicted octanol–water partition coefficient (Wildman–Crippen LogP) is 3.45. The lowest BCUT2D eigenvalue weighted by Crippen LogP contribution is -2.35. The zero-order chi connectivity index (χ0) is 13.8. The van der Waals surface area contributed by atoms with Crippen molar-refractivity contribution < 1.29 is 5.11 Å². The van der Waals surface area contributed by atoms with E-state index in [1.165, 1.54) is 25.7 Å². The van der Waals surface area contributed by atoms with E-state index in [2.05, 4.69) is 39.9 Å². The van der Waals surface area contributed by atoms with Crippen molar-refractivity contribution in [1.82, 2.24) is 5.32 Å². The van der Waals surface area contributed by atoms with Gasteiger partial charge in [-0.3, -0.25) is 0 Å². The van der Waals surface area contributed by atoms with E-state index in [0.29, 0.717) is 11.3 Å². The van der Waals surface area contributed by atoms with E-state index in [1.54, 1.807) is 0 Å². The lowest BCUT2D eigenvalue weighted by Gasteiger charge is -2.37. The second-order valence-corrected chi connectivity index (χ2v) is 7.55. The van der Waals surface area contributed by atoms with Crippen LogP contribution in [0.25, 0.3) is 0 Å². The van der Waals surface area contributed by atoms with Crippen molar-refractivity contribution in [2.45, 2.75) is 66.4 Å². The molecule has 1 aliphatic rings. The first-order valence-corrected chi connectivity index (χ1v) is 7.69. The molecule has 0 aliphatic heterocycles. The molecule has 0 aromatic carbocycles. The number of aliphatic hydroxyl groups excluding tert-OH is 1. The van der Waals surface area contributed by atoms with E-state index in [-0.39, 0.29) is 6.10 Å². The van der Waals surface area contributed by atoms with E-state index < -0.39 is 0 Å². The van der Waals surface area contributed by atoms with Crippen molar-refractivity contribution >= 4 is 0 Å². The van der Waals surface area contributed by atoms with Gasteiger partial charge in [0.25, 0.3) is 0 Å². The van der Waals surface area contributed by atoms with Gasteiger partial charge in [-0.15, -0.1) is 0 Å². The van der Waals surface area contributed by atoms with Gasteiger partial charge in [0.2, 0.25) is 0 Å². The minimum absolute atomic E-state index is 0.198. The molecule has 2 N–H and O–H groups in total. The Bertz CT molecular complexity index is 224. The van der Waals surface area contributed by atoms with E-state index in [9.17, 15) is 5.11 Å². The highest BCUT2D eigenvalue weighted by atomic mass is 16.3. The molecular formula is C16H33NO. The van der Waals surface area contributed by atoms with Gasteiger partial charge in [-0.25, -0.2) is 0 Å². The standard InChI is InChI=1S/C16H33NO/c1-12(2)15(18)11-17-10-13-6-8-14(9-7-13)16(3,4)5/h12-15,17-18H,6-11H2,1-5H3. The molecule has 0 heterocycles. The van der Waals surface area contributed by atoms with Crippen LogP contribution in [-0.4, -0.2) is 24.3 Å². The molecular weight excluding hydrogens is 222 g/mol. The van der Waals surface area contributed by atoms with Crippen molar-refractivity contribution in [3.63, 3.8) is 0 Å². The molecule has 1 unspecified atom stereocenters. The highest BCUT2D eigenvalue weighted by Gasteiger charge is 2.29. The first-order chi connectivity index (χ1) is 8.30. The van der Waals surface area contributed by atoms with Gasteiger partial charge in [-0.2, -0.15) is 0 Å². The van der Waals surface area contributed by atoms with Crippen LogP contribution in [0.5, 0.6) is 0 Å². The van der Waals surface area contributed by atoms with Gasteiger partial charge in [-0.05, 0) is 55.4 Å². The van der Waals surface area contributed by atoms with E-state index in [4.69, 9.17) is 0 Å². The van der Waals surface area contributed by atoms with Crippen molar-refractivity contribution in [3.8, 4) is 0 Å². The van der Waals surface area contributed by atoms with Gasteiger partial charge in [0.15, 0.2) is 0 Å². The highest BCUT2D eigenvalue weighted by molar-refractivity contribution is 4.81. The maximum atomic E-state index is 9.74. The SMILES string of the molecule is CC(C)C(O)CNCC1CCC(C(C)(C)C)CC1. The molecule has 0 aromatic heterocycles. The van der Waals surface area contributed by atoms with E-state index in [0.717, 1.165) is 24.9 Å². The molecule has 1 fully saturated rings. The smallest absolute Gasteiger partial charge is 0.0687 e. The molecule has 0 spiro atoms. The van der Waals surface area contributed by atoms with Gasteiger partial charge >= 0.3 is 0 Å². The molecule has 0 radical (unpaired) electrons. The van der Waals surface area contributed by atoms with Crippen LogP contribution in [0, 0.1) is 23.2 Å². The van der Waals surface area contributed by atoms with Crippen LogP contribution in [0.15, 0.2) is 0 Å². The number of hydrogen-bond donors (Lipinski definition) is 2. The minimum Gasteiger partial charge on any atom is -0.392 e. The quantitative estimate of drug-likeness (QED) is 0.788. The summed E-state index contributed by atoms with van der Waals surface area (Å²) in [5.41, 5.74) is 0.478. The summed E-state index contributed by atoms with van der Waals surface area (Å²) >= 11 is 0. The fourth-order valence-corrected chi connectivity index (χ4v) is 2.90. The number of hydrogen-bond acceptors (Lipinski definition) is 2. The molecule has 1 atom stereocenters. The summed E-state index contributed by atoms with van der Waals surface area (Å²) in [6.07, 6.45) is 5.26. The normalized spacial score (nSPS) is 27.5.